The van der Waals surface area contributed by atoms with E-state index in [1.807, 2.05) is 31.2 Å². The molecule has 0 spiro atoms. The maximum Gasteiger partial charge on any atom is 0.161 e. The highest BCUT2D eigenvalue weighted by molar-refractivity contribution is 5.39. The summed E-state index contributed by atoms with van der Waals surface area (Å²) in [5, 5.41) is 3.64. The van der Waals surface area contributed by atoms with E-state index in [9.17, 15) is 0 Å². The minimum atomic E-state index is 0.666. The lowest BCUT2D eigenvalue weighted by molar-refractivity contribution is 0.246. The highest BCUT2D eigenvalue weighted by Crippen LogP contribution is 2.27. The van der Waals surface area contributed by atoms with Gasteiger partial charge >= 0.3 is 0 Å². The Kier molecular flexibility index (Phi) is 6.87. The van der Waals surface area contributed by atoms with Crippen LogP contribution in [0.4, 0.5) is 0 Å². The van der Waals surface area contributed by atoms with Gasteiger partial charge in [-0.15, -0.1) is 0 Å². The molecule has 2 rings (SSSR count). The maximum atomic E-state index is 5.85. The zero-order chi connectivity index (χ0) is 14.9. The number of nitrogens with one attached hydrogen (secondary N) is 1. The van der Waals surface area contributed by atoms with Crippen molar-refractivity contribution in [2.45, 2.75) is 52.0 Å². The molecule has 0 heterocycles. The second-order valence-corrected chi connectivity index (χ2v) is 5.82. The van der Waals surface area contributed by atoms with Crippen LogP contribution in [0.15, 0.2) is 24.3 Å². The van der Waals surface area contributed by atoms with Crippen LogP contribution in [0, 0.1) is 5.92 Å². The van der Waals surface area contributed by atoms with Gasteiger partial charge in [-0.25, -0.2) is 0 Å². The Balaban J connectivity index is 1.70. The minimum absolute atomic E-state index is 0.666. The van der Waals surface area contributed by atoms with Crippen molar-refractivity contribution in [3.05, 3.63) is 24.3 Å². The molecule has 1 saturated carbocycles. The molecule has 1 aliphatic rings. The van der Waals surface area contributed by atoms with E-state index in [-0.39, 0.29) is 0 Å². The summed E-state index contributed by atoms with van der Waals surface area (Å²) in [6.45, 7) is 6.56. The summed E-state index contributed by atoms with van der Waals surface area (Å²) in [7, 11) is 0. The second kappa shape index (κ2) is 8.93. The Hall–Kier alpha value is -1.22. The van der Waals surface area contributed by atoms with Crippen LogP contribution >= 0.6 is 0 Å². The van der Waals surface area contributed by atoms with Crippen LogP contribution in [-0.4, -0.2) is 25.8 Å². The van der Waals surface area contributed by atoms with Gasteiger partial charge in [0, 0.05) is 12.6 Å². The fraction of sp³-hybridized carbons (Fsp3) is 0.667. The molecular formula is C18H29NO2. The normalized spacial score (nSPS) is 22.0. The van der Waals surface area contributed by atoms with E-state index in [1.165, 1.54) is 32.1 Å². The summed E-state index contributed by atoms with van der Waals surface area (Å²) >= 11 is 0. The third-order valence-corrected chi connectivity index (χ3v) is 4.30. The lowest BCUT2D eigenvalue weighted by Crippen LogP contribution is -2.36. The van der Waals surface area contributed by atoms with Gasteiger partial charge in [0.1, 0.15) is 6.61 Å². The molecular weight excluding hydrogens is 262 g/mol. The summed E-state index contributed by atoms with van der Waals surface area (Å²) < 4.78 is 11.4. The minimum Gasteiger partial charge on any atom is -0.490 e. The van der Waals surface area contributed by atoms with Gasteiger partial charge in [0.05, 0.1) is 6.61 Å². The van der Waals surface area contributed by atoms with E-state index in [4.69, 9.17) is 9.47 Å². The number of hydrogen-bond acceptors (Lipinski definition) is 3. The molecule has 0 radical (unpaired) electrons. The molecule has 2 atom stereocenters. The monoisotopic (exact) mass is 291 g/mol. The Bertz CT molecular complexity index is 408. The third-order valence-electron chi connectivity index (χ3n) is 4.30. The molecule has 3 nitrogen and oxygen atoms in total. The smallest absolute Gasteiger partial charge is 0.161 e. The predicted molar refractivity (Wildman–Crippen MR) is 87.1 cm³/mol. The van der Waals surface area contributed by atoms with Gasteiger partial charge in [-0.1, -0.05) is 38.3 Å². The van der Waals surface area contributed by atoms with Gasteiger partial charge in [-0.2, -0.15) is 0 Å². The fourth-order valence-corrected chi connectivity index (χ4v) is 3.12. The summed E-state index contributed by atoms with van der Waals surface area (Å²) in [5.74, 6) is 2.59. The van der Waals surface area contributed by atoms with Crippen molar-refractivity contribution in [2.24, 2.45) is 5.92 Å². The molecule has 118 valence electrons. The van der Waals surface area contributed by atoms with E-state index in [0.29, 0.717) is 19.3 Å². The standard InChI is InChI=1S/C18H29NO2/c1-3-15-8-7-9-16(14-15)19-12-13-21-18-11-6-5-10-17(18)20-4-2/h5-6,10-11,15-16,19H,3-4,7-9,12-14H2,1-2H3. The molecule has 0 bridgehead atoms. The number of rotatable bonds is 8. The van der Waals surface area contributed by atoms with E-state index in [0.717, 1.165) is 24.0 Å². The topological polar surface area (TPSA) is 30.5 Å². The lowest BCUT2D eigenvalue weighted by atomic mass is 9.84. The molecule has 1 N–H and O–H groups in total. The van der Waals surface area contributed by atoms with Crippen molar-refractivity contribution in [1.82, 2.24) is 5.32 Å². The van der Waals surface area contributed by atoms with Crippen LogP contribution in [0.2, 0.25) is 0 Å². The van der Waals surface area contributed by atoms with E-state index in [2.05, 4.69) is 12.2 Å². The van der Waals surface area contributed by atoms with E-state index < -0.39 is 0 Å². The largest absolute Gasteiger partial charge is 0.490 e. The molecule has 0 amide bonds. The van der Waals surface area contributed by atoms with Crippen molar-refractivity contribution in [3.63, 3.8) is 0 Å². The summed E-state index contributed by atoms with van der Waals surface area (Å²) in [6.07, 6.45) is 6.73. The Morgan fingerprint density at radius 1 is 1.10 bits per heavy atom. The lowest BCUT2D eigenvalue weighted by Gasteiger charge is -2.29. The average molecular weight is 291 g/mol. The zero-order valence-corrected chi connectivity index (χ0v) is 13.4. The molecule has 1 aromatic rings. The molecule has 0 saturated heterocycles. The highest BCUT2D eigenvalue weighted by atomic mass is 16.5. The summed E-state index contributed by atoms with van der Waals surface area (Å²) in [5.41, 5.74) is 0. The molecule has 0 aliphatic heterocycles. The van der Waals surface area contributed by atoms with Gasteiger partial charge in [0.15, 0.2) is 11.5 Å². The number of benzene rings is 1. The van der Waals surface area contributed by atoms with Crippen molar-refractivity contribution in [3.8, 4) is 11.5 Å². The molecule has 0 aromatic heterocycles. The van der Waals surface area contributed by atoms with Crippen molar-refractivity contribution in [2.75, 3.05) is 19.8 Å². The van der Waals surface area contributed by atoms with Crippen molar-refractivity contribution >= 4 is 0 Å². The Labute approximate surface area is 129 Å². The van der Waals surface area contributed by atoms with Gasteiger partial charge in [-0.3, -0.25) is 0 Å². The molecule has 21 heavy (non-hydrogen) atoms. The molecule has 1 aliphatic carbocycles. The van der Waals surface area contributed by atoms with E-state index >= 15 is 0 Å². The summed E-state index contributed by atoms with van der Waals surface area (Å²) in [4.78, 5) is 0. The maximum absolute atomic E-state index is 5.85. The first-order valence-electron chi connectivity index (χ1n) is 8.41. The first kappa shape index (κ1) is 16.2. The first-order chi connectivity index (χ1) is 10.3. The van der Waals surface area contributed by atoms with Gasteiger partial charge in [0.2, 0.25) is 0 Å². The average Bonchev–Trinajstić information content (AvgIpc) is 2.53. The van der Waals surface area contributed by atoms with Crippen molar-refractivity contribution < 1.29 is 9.47 Å². The second-order valence-electron chi connectivity index (χ2n) is 5.82. The van der Waals surface area contributed by atoms with Gasteiger partial charge < -0.3 is 14.8 Å². The van der Waals surface area contributed by atoms with Crippen molar-refractivity contribution in [1.29, 1.82) is 0 Å². The zero-order valence-electron chi connectivity index (χ0n) is 13.4. The third kappa shape index (κ3) is 5.24. The van der Waals surface area contributed by atoms with Gasteiger partial charge in [0.25, 0.3) is 0 Å². The molecule has 1 fully saturated rings. The molecule has 1 aromatic carbocycles. The first-order valence-corrected chi connectivity index (χ1v) is 8.41. The van der Waals surface area contributed by atoms with Crippen LogP contribution in [0.5, 0.6) is 11.5 Å². The molecule has 3 heteroatoms. The van der Waals surface area contributed by atoms with Crippen LogP contribution in [0.25, 0.3) is 0 Å². The number of ether oxygens (including phenoxy) is 2. The SMILES string of the molecule is CCOc1ccccc1OCCNC1CCCC(CC)C1. The quantitative estimate of drug-likeness (QED) is 0.734. The number of hydrogen-bond donors (Lipinski definition) is 1. The summed E-state index contributed by atoms with van der Waals surface area (Å²) in [6, 6.07) is 8.56. The Morgan fingerprint density at radius 2 is 1.86 bits per heavy atom. The highest BCUT2D eigenvalue weighted by Gasteiger charge is 2.19. The predicted octanol–water partition coefficient (Wildman–Crippen LogP) is 4.02. The Morgan fingerprint density at radius 3 is 2.57 bits per heavy atom. The fourth-order valence-electron chi connectivity index (χ4n) is 3.12. The number of para-hydroxylation sites is 2. The van der Waals surface area contributed by atoms with Crippen LogP contribution in [0.1, 0.15) is 46.0 Å². The van der Waals surface area contributed by atoms with E-state index in [1.54, 1.807) is 0 Å². The van der Waals surface area contributed by atoms with Gasteiger partial charge in [-0.05, 0) is 37.8 Å². The van der Waals surface area contributed by atoms with Crippen LogP contribution in [0.3, 0.4) is 0 Å². The van der Waals surface area contributed by atoms with Crippen LogP contribution < -0.4 is 14.8 Å². The molecule has 2 unspecified atom stereocenters. The van der Waals surface area contributed by atoms with Crippen LogP contribution in [-0.2, 0) is 0 Å².